The Hall–Kier alpha value is -1.15. The number of benzene rings is 1. The fourth-order valence-electron chi connectivity index (χ4n) is 2.31. The predicted octanol–water partition coefficient (Wildman–Crippen LogP) is 2.19. The summed E-state index contributed by atoms with van der Waals surface area (Å²) in [5, 5.41) is 4.58. The summed E-state index contributed by atoms with van der Waals surface area (Å²) >= 11 is 0. The topological polar surface area (TPSA) is 98.2 Å². The molecule has 0 aliphatic heterocycles. The summed E-state index contributed by atoms with van der Waals surface area (Å²) in [6.07, 6.45) is 1.28. The number of halogens is 1. The van der Waals surface area contributed by atoms with Crippen molar-refractivity contribution in [3.63, 3.8) is 0 Å². The van der Waals surface area contributed by atoms with Crippen molar-refractivity contribution in [2.24, 2.45) is 5.73 Å². The van der Waals surface area contributed by atoms with E-state index in [0.717, 1.165) is 0 Å². The molecule has 0 saturated carbocycles. The summed E-state index contributed by atoms with van der Waals surface area (Å²) in [7, 11) is -3.54. The third-order valence-corrected chi connectivity index (χ3v) is 5.29. The lowest BCUT2D eigenvalue weighted by Crippen LogP contribution is -2.53. The maximum absolute atomic E-state index is 12.4. The van der Waals surface area contributed by atoms with Crippen LogP contribution < -0.4 is 10.5 Å². The lowest BCUT2D eigenvalue weighted by Gasteiger charge is -2.30. The van der Waals surface area contributed by atoms with E-state index in [0.29, 0.717) is 29.5 Å². The minimum atomic E-state index is -3.54. The zero-order chi connectivity index (χ0) is 15.5. The number of rotatable bonds is 7. The number of nitrogens with one attached hydrogen (secondary N) is 1. The predicted molar refractivity (Wildman–Crippen MR) is 89.4 cm³/mol. The van der Waals surface area contributed by atoms with E-state index in [1.54, 1.807) is 12.1 Å². The molecule has 6 nitrogen and oxygen atoms in total. The molecule has 0 atom stereocenters. The van der Waals surface area contributed by atoms with Crippen molar-refractivity contribution < 1.29 is 12.9 Å². The summed E-state index contributed by atoms with van der Waals surface area (Å²) in [6.45, 7) is 4.10. The molecule has 3 N–H and O–H groups in total. The standard InChI is InChI=1S/C14H21N3O3S.ClH/c1-3-14(4-2,10-15)17-21(18,19)9-12-11-7-5-6-8-13(11)20-16-12;/h5-8,17H,3-4,9-10,15H2,1-2H3;1H. The van der Waals surface area contributed by atoms with Gasteiger partial charge in [-0.25, -0.2) is 13.1 Å². The molecule has 0 aliphatic carbocycles. The first-order chi connectivity index (χ1) is 9.95. The lowest BCUT2D eigenvalue weighted by atomic mass is 9.95. The molecule has 2 rings (SSSR count). The Morgan fingerprint density at radius 2 is 1.91 bits per heavy atom. The number of nitrogens with two attached hydrogens (primary N) is 1. The van der Waals surface area contributed by atoms with Gasteiger partial charge in [-0.15, -0.1) is 12.4 Å². The summed E-state index contributed by atoms with van der Waals surface area (Å²) < 4.78 is 32.6. The molecule has 1 aromatic heterocycles. The van der Waals surface area contributed by atoms with Crippen molar-refractivity contribution in [2.45, 2.75) is 38.0 Å². The zero-order valence-corrected chi connectivity index (χ0v) is 14.3. The molecule has 1 heterocycles. The third kappa shape index (κ3) is 3.98. The van der Waals surface area contributed by atoms with Gasteiger partial charge in [-0.05, 0) is 25.0 Å². The van der Waals surface area contributed by atoms with E-state index < -0.39 is 15.6 Å². The van der Waals surface area contributed by atoms with Crippen LogP contribution in [0.5, 0.6) is 0 Å². The number of fused-ring (bicyclic) bond motifs is 1. The van der Waals surface area contributed by atoms with Crippen LogP contribution >= 0.6 is 12.4 Å². The van der Waals surface area contributed by atoms with Crippen molar-refractivity contribution in [2.75, 3.05) is 6.54 Å². The quantitative estimate of drug-likeness (QED) is 0.799. The van der Waals surface area contributed by atoms with E-state index in [-0.39, 0.29) is 24.7 Å². The van der Waals surface area contributed by atoms with E-state index in [1.807, 2.05) is 26.0 Å². The number of aromatic nitrogens is 1. The summed E-state index contributed by atoms with van der Waals surface area (Å²) in [6, 6.07) is 7.20. The molecule has 8 heteroatoms. The Morgan fingerprint density at radius 1 is 1.27 bits per heavy atom. The van der Waals surface area contributed by atoms with Crippen LogP contribution in [0.4, 0.5) is 0 Å². The van der Waals surface area contributed by atoms with Crippen LogP contribution in [-0.4, -0.2) is 25.7 Å². The van der Waals surface area contributed by atoms with Gasteiger partial charge in [0.15, 0.2) is 5.58 Å². The fourth-order valence-corrected chi connectivity index (χ4v) is 3.98. The SMILES string of the molecule is CCC(CC)(CN)NS(=O)(=O)Cc1noc2ccccc12.Cl. The summed E-state index contributed by atoms with van der Waals surface area (Å²) in [4.78, 5) is 0. The molecule has 0 bridgehead atoms. The second-order valence-corrected chi connectivity index (χ2v) is 6.90. The Bertz CT molecular complexity index is 703. The second-order valence-electron chi connectivity index (χ2n) is 5.18. The monoisotopic (exact) mass is 347 g/mol. The van der Waals surface area contributed by atoms with E-state index in [2.05, 4.69) is 9.88 Å². The smallest absolute Gasteiger partial charge is 0.218 e. The summed E-state index contributed by atoms with van der Waals surface area (Å²) in [5.41, 5.74) is 6.14. The number of nitrogens with zero attached hydrogens (tertiary/aromatic N) is 1. The Balaban J connectivity index is 0.00000242. The highest BCUT2D eigenvalue weighted by Gasteiger charge is 2.30. The molecular formula is C14H22ClN3O3S. The molecule has 22 heavy (non-hydrogen) atoms. The van der Waals surface area contributed by atoms with E-state index in [4.69, 9.17) is 10.3 Å². The van der Waals surface area contributed by atoms with Gasteiger partial charge in [0.2, 0.25) is 10.0 Å². The molecule has 0 aliphatic rings. The molecular weight excluding hydrogens is 326 g/mol. The van der Waals surface area contributed by atoms with Crippen LogP contribution in [0.15, 0.2) is 28.8 Å². The van der Waals surface area contributed by atoms with Crippen LogP contribution in [0, 0.1) is 0 Å². The normalized spacial score (nSPS) is 12.3. The van der Waals surface area contributed by atoms with Gasteiger partial charge in [0.05, 0.1) is 0 Å². The average Bonchev–Trinajstić information content (AvgIpc) is 2.88. The van der Waals surface area contributed by atoms with Gasteiger partial charge in [0, 0.05) is 17.5 Å². The molecule has 0 spiro atoms. The highest BCUT2D eigenvalue weighted by molar-refractivity contribution is 7.88. The Labute approximate surface area is 136 Å². The maximum atomic E-state index is 12.4. The van der Waals surface area contributed by atoms with Crippen molar-refractivity contribution in [1.29, 1.82) is 0 Å². The zero-order valence-electron chi connectivity index (χ0n) is 12.7. The molecule has 0 radical (unpaired) electrons. The Kier molecular flexibility index (Phi) is 6.37. The van der Waals surface area contributed by atoms with Crippen LogP contribution in [0.1, 0.15) is 32.4 Å². The van der Waals surface area contributed by atoms with Crippen molar-refractivity contribution in [1.82, 2.24) is 9.88 Å². The van der Waals surface area contributed by atoms with Gasteiger partial charge in [-0.1, -0.05) is 31.1 Å². The van der Waals surface area contributed by atoms with E-state index in [1.165, 1.54) is 0 Å². The first kappa shape index (κ1) is 18.9. The maximum Gasteiger partial charge on any atom is 0.218 e. The molecule has 0 saturated heterocycles. The molecule has 0 unspecified atom stereocenters. The van der Waals surface area contributed by atoms with Gasteiger partial charge >= 0.3 is 0 Å². The largest absolute Gasteiger partial charge is 0.356 e. The molecule has 1 aromatic carbocycles. The highest BCUT2D eigenvalue weighted by Crippen LogP contribution is 2.21. The molecule has 0 amide bonds. The average molecular weight is 348 g/mol. The van der Waals surface area contributed by atoms with Crippen LogP contribution in [0.25, 0.3) is 11.0 Å². The minimum Gasteiger partial charge on any atom is -0.356 e. The lowest BCUT2D eigenvalue weighted by molar-refractivity contribution is 0.362. The van der Waals surface area contributed by atoms with Crippen molar-refractivity contribution in [3.8, 4) is 0 Å². The van der Waals surface area contributed by atoms with Crippen molar-refractivity contribution >= 4 is 33.4 Å². The first-order valence-corrected chi connectivity index (χ1v) is 8.65. The minimum absolute atomic E-state index is 0. The first-order valence-electron chi connectivity index (χ1n) is 7.00. The molecule has 124 valence electrons. The van der Waals surface area contributed by atoms with Gasteiger partial charge < -0.3 is 10.3 Å². The summed E-state index contributed by atoms with van der Waals surface area (Å²) in [5.74, 6) is -0.217. The van der Waals surface area contributed by atoms with Crippen molar-refractivity contribution in [3.05, 3.63) is 30.0 Å². The van der Waals surface area contributed by atoms with E-state index in [9.17, 15) is 8.42 Å². The van der Waals surface area contributed by atoms with Gasteiger partial charge in [-0.3, -0.25) is 0 Å². The highest BCUT2D eigenvalue weighted by atomic mass is 35.5. The van der Waals surface area contributed by atoms with E-state index >= 15 is 0 Å². The number of hydrogen-bond donors (Lipinski definition) is 2. The van der Waals surface area contributed by atoms with Gasteiger partial charge in [0.25, 0.3) is 0 Å². The number of sulfonamides is 1. The second kappa shape index (κ2) is 7.41. The number of para-hydroxylation sites is 1. The Morgan fingerprint density at radius 3 is 2.50 bits per heavy atom. The third-order valence-electron chi connectivity index (χ3n) is 3.90. The van der Waals surface area contributed by atoms with Crippen LogP contribution in [0.2, 0.25) is 0 Å². The van der Waals surface area contributed by atoms with Crippen LogP contribution in [0.3, 0.4) is 0 Å². The fraction of sp³-hybridized carbons (Fsp3) is 0.500. The number of hydrogen-bond acceptors (Lipinski definition) is 5. The molecule has 2 aromatic rings. The molecule has 0 fully saturated rings. The van der Waals surface area contributed by atoms with Gasteiger partial charge in [-0.2, -0.15) is 0 Å². The van der Waals surface area contributed by atoms with Crippen LogP contribution in [-0.2, 0) is 15.8 Å². The van der Waals surface area contributed by atoms with Gasteiger partial charge in [0.1, 0.15) is 11.4 Å².